The van der Waals surface area contributed by atoms with Crippen LogP contribution in [-0.4, -0.2) is 46.7 Å². The summed E-state index contributed by atoms with van der Waals surface area (Å²) in [7, 11) is 0. The van der Waals surface area contributed by atoms with Gasteiger partial charge in [0.1, 0.15) is 11.5 Å². The maximum absolute atomic E-state index is 11.1. The number of carboxylic acids is 2. The molecule has 8 nitrogen and oxygen atoms in total. The number of hydrogen-bond acceptors (Lipinski definition) is 8. The molecular formula is C40H60CoN2O6. The first-order valence-electron chi connectivity index (χ1n) is 16.8. The van der Waals surface area contributed by atoms with Gasteiger partial charge < -0.3 is 30.0 Å². The van der Waals surface area contributed by atoms with Gasteiger partial charge in [-0.1, -0.05) is 95.2 Å². The van der Waals surface area contributed by atoms with E-state index in [1.807, 2.05) is 12.4 Å². The number of nitrogens with zero attached hydrogens (tertiary/aromatic N) is 2. The zero-order valence-electron chi connectivity index (χ0n) is 32.2. The molecule has 0 unspecified atom stereocenters. The molecule has 0 heterocycles. The largest absolute Gasteiger partial charge is 2.00 e. The number of aromatic hydroxyl groups is 2. The second kappa shape index (κ2) is 18.2. The number of carboxylic acid groups (broad SMARTS) is 2. The molecule has 275 valence electrons. The molecule has 0 saturated heterocycles. The first-order valence-corrected chi connectivity index (χ1v) is 16.8. The van der Waals surface area contributed by atoms with Crippen LogP contribution in [0.2, 0.25) is 0 Å². The van der Waals surface area contributed by atoms with Crippen molar-refractivity contribution in [2.75, 3.05) is 0 Å². The molecule has 3 rings (SSSR count). The minimum absolute atomic E-state index is 0. The van der Waals surface area contributed by atoms with Gasteiger partial charge in [-0.3, -0.25) is 9.98 Å². The molecule has 9 heteroatoms. The van der Waals surface area contributed by atoms with Crippen LogP contribution in [-0.2, 0) is 48.0 Å². The van der Waals surface area contributed by atoms with Crippen LogP contribution in [0.1, 0.15) is 156 Å². The second-order valence-corrected chi connectivity index (χ2v) is 16.9. The summed E-state index contributed by atoms with van der Waals surface area (Å²) in [5.41, 5.74) is 5.63. The van der Waals surface area contributed by atoms with Gasteiger partial charge in [-0.05, 0) is 84.5 Å². The molecular weight excluding hydrogens is 663 g/mol. The summed E-state index contributed by atoms with van der Waals surface area (Å²) < 4.78 is 0. The Morgan fingerprint density at radius 3 is 1.04 bits per heavy atom. The molecule has 1 aliphatic rings. The number of phenols is 2. The van der Waals surface area contributed by atoms with Gasteiger partial charge in [0, 0.05) is 46.6 Å². The van der Waals surface area contributed by atoms with Gasteiger partial charge in [0.15, 0.2) is 0 Å². The fourth-order valence-corrected chi connectivity index (χ4v) is 5.25. The molecule has 1 saturated carbocycles. The summed E-state index contributed by atoms with van der Waals surface area (Å²) in [5, 5.41) is 40.0. The molecule has 2 aromatic carbocycles. The monoisotopic (exact) mass is 723 g/mol. The van der Waals surface area contributed by atoms with Crippen LogP contribution in [0, 0.1) is 0 Å². The van der Waals surface area contributed by atoms with Crippen molar-refractivity contribution >= 4 is 24.4 Å². The maximum Gasteiger partial charge on any atom is 2.00 e. The molecule has 0 bridgehead atoms. The molecule has 0 atom stereocenters. The van der Waals surface area contributed by atoms with Gasteiger partial charge in [-0.25, -0.2) is 0 Å². The van der Waals surface area contributed by atoms with E-state index in [9.17, 15) is 10.2 Å². The molecule has 2 aromatic rings. The topological polar surface area (TPSA) is 145 Å². The summed E-state index contributed by atoms with van der Waals surface area (Å²) in [6.45, 7) is 28.0. The van der Waals surface area contributed by atoms with E-state index in [2.05, 4.69) is 107 Å². The van der Waals surface area contributed by atoms with Crippen molar-refractivity contribution in [2.24, 2.45) is 9.98 Å². The van der Waals surface area contributed by atoms with E-state index < -0.39 is 11.9 Å². The fraction of sp³-hybridized carbons (Fsp3) is 0.600. The van der Waals surface area contributed by atoms with Gasteiger partial charge in [-0.15, -0.1) is 0 Å². The molecule has 1 radical (unpaired) electrons. The average molecular weight is 724 g/mol. The summed E-state index contributed by atoms with van der Waals surface area (Å²) in [6, 6.07) is 8.94. The Hall–Kier alpha value is -3.17. The zero-order valence-corrected chi connectivity index (χ0v) is 33.2. The minimum Gasteiger partial charge on any atom is -0.550 e. The molecule has 1 fully saturated rings. The molecule has 0 aromatic heterocycles. The number of aliphatic imine (C=N–C) groups is 2. The number of benzene rings is 2. The Morgan fingerprint density at radius 1 is 0.592 bits per heavy atom. The number of carbonyl (C=O) groups is 2. The van der Waals surface area contributed by atoms with Crippen LogP contribution in [0.3, 0.4) is 0 Å². The van der Waals surface area contributed by atoms with Crippen LogP contribution in [0.5, 0.6) is 11.5 Å². The molecule has 0 spiro atoms. The number of aliphatic carboxylic acids is 2. The Morgan fingerprint density at radius 2 is 0.837 bits per heavy atom. The van der Waals surface area contributed by atoms with Gasteiger partial charge >= 0.3 is 16.8 Å². The molecule has 49 heavy (non-hydrogen) atoms. The molecule has 0 aliphatic heterocycles. The minimum atomic E-state index is -1.08. The first-order chi connectivity index (χ1) is 21.6. The van der Waals surface area contributed by atoms with Crippen molar-refractivity contribution < 1.29 is 46.8 Å². The van der Waals surface area contributed by atoms with Gasteiger partial charge in [0.05, 0.1) is 12.1 Å². The Bertz CT molecular complexity index is 1340. The summed E-state index contributed by atoms with van der Waals surface area (Å²) in [6.07, 6.45) is 7.63. The Balaban J connectivity index is 0.00000230. The van der Waals surface area contributed by atoms with E-state index in [0.29, 0.717) is 11.5 Å². The third-order valence-electron chi connectivity index (χ3n) is 8.14. The van der Waals surface area contributed by atoms with Crippen molar-refractivity contribution in [3.8, 4) is 11.5 Å². The van der Waals surface area contributed by atoms with Gasteiger partial charge in [0.25, 0.3) is 0 Å². The van der Waals surface area contributed by atoms with E-state index in [4.69, 9.17) is 29.8 Å². The predicted molar refractivity (Wildman–Crippen MR) is 194 cm³/mol. The molecule has 1 aliphatic carbocycles. The molecule has 0 amide bonds. The maximum atomic E-state index is 11.1. The quantitative estimate of drug-likeness (QED) is 0.338. The third-order valence-corrected chi connectivity index (χ3v) is 8.14. The zero-order chi connectivity index (χ0) is 37.4. The van der Waals surface area contributed by atoms with Crippen molar-refractivity contribution in [3.05, 3.63) is 57.6 Å². The van der Waals surface area contributed by atoms with Crippen molar-refractivity contribution in [1.82, 2.24) is 0 Å². The fourth-order valence-electron chi connectivity index (χ4n) is 5.25. The summed E-state index contributed by atoms with van der Waals surface area (Å²) >= 11 is 0. The van der Waals surface area contributed by atoms with Gasteiger partial charge in [0.2, 0.25) is 0 Å². The smallest absolute Gasteiger partial charge is 0.550 e. The van der Waals surface area contributed by atoms with E-state index in [1.165, 1.54) is 11.1 Å². The van der Waals surface area contributed by atoms with Gasteiger partial charge in [-0.2, -0.15) is 0 Å². The van der Waals surface area contributed by atoms with E-state index >= 15 is 0 Å². The Labute approximate surface area is 305 Å². The van der Waals surface area contributed by atoms with E-state index in [1.54, 1.807) is 0 Å². The van der Waals surface area contributed by atoms with Crippen LogP contribution in [0.4, 0.5) is 0 Å². The normalized spacial score (nSPS) is 17.0. The first kappa shape index (κ1) is 45.8. The van der Waals surface area contributed by atoms with Crippen molar-refractivity contribution in [2.45, 2.75) is 156 Å². The molecule has 2 N–H and O–H groups in total. The van der Waals surface area contributed by atoms with Crippen molar-refractivity contribution in [1.29, 1.82) is 0 Å². The van der Waals surface area contributed by atoms with Crippen LogP contribution >= 0.6 is 0 Å². The average Bonchev–Trinajstić information content (AvgIpc) is 2.89. The predicted octanol–water partition coefficient (Wildman–Crippen LogP) is 6.65. The van der Waals surface area contributed by atoms with E-state index in [-0.39, 0.29) is 50.5 Å². The number of phenolic OH excluding ortho intramolecular Hbond substituents is 2. The Kier molecular flexibility index (Phi) is 17.0. The third kappa shape index (κ3) is 15.5. The van der Waals surface area contributed by atoms with E-state index in [0.717, 1.165) is 61.8 Å². The van der Waals surface area contributed by atoms with Crippen LogP contribution in [0.25, 0.3) is 0 Å². The van der Waals surface area contributed by atoms with Crippen LogP contribution < -0.4 is 10.2 Å². The standard InChI is InChI=1S/C36H54N2O2.2C2H4O2.Co/c1-33(2,3)25-17-23(31(39)29(19-25)35(7,8)9)21-37-27-13-15-28(16-14-27)38-22-24-18-26(34(4,5)6)20-30(32(24)40)36(10,11)12;2*1-2(3)4;/h17-22,27-28,39-40H,13-16H2,1-12H3;2*1H3,(H,3,4);/q;;;+2/p-2. The number of hydrogen-bond donors (Lipinski definition) is 2. The number of rotatable bonds is 4. The SMILES string of the molecule is CC(=O)[O-].CC(=O)[O-].CC(C)(C)c1cc(C=NC2CCC(N=Cc3cc(C(C)(C)C)cc(C(C)(C)C)c3O)CC2)c(O)c(C(C)(C)C)c1.[Co+2]. The second-order valence-electron chi connectivity index (χ2n) is 16.9. The summed E-state index contributed by atoms with van der Waals surface area (Å²) in [4.78, 5) is 27.6. The van der Waals surface area contributed by atoms with Crippen LogP contribution in [0.15, 0.2) is 34.3 Å². The van der Waals surface area contributed by atoms with Crippen molar-refractivity contribution in [3.63, 3.8) is 0 Å². The number of carbonyl (C=O) groups excluding carboxylic acids is 2. The summed E-state index contributed by atoms with van der Waals surface area (Å²) in [5.74, 6) is -1.48.